The van der Waals surface area contributed by atoms with Crippen LogP contribution in [0.2, 0.25) is 0 Å². The average Bonchev–Trinajstić information content (AvgIpc) is 2.40. The Morgan fingerprint density at radius 3 is 2.29 bits per heavy atom. The average molecular weight is 308 g/mol. The van der Waals surface area contributed by atoms with Crippen LogP contribution in [0.15, 0.2) is 18.2 Å². The molecule has 0 radical (unpaired) electrons. The van der Waals surface area contributed by atoms with E-state index < -0.39 is 25.0 Å². The molecular weight excluding hydrogens is 288 g/mol. The van der Waals surface area contributed by atoms with Crippen molar-refractivity contribution in [1.29, 1.82) is 0 Å². The standard InChI is InChI=1S/C14H20F4N2O/c1-9-4-3-5-10(2)12(9)6-11(20-19)7-21-8-14(17,18)13(15)16/h3-5,11,13,20H,6-8,19H2,1-2H3. The van der Waals surface area contributed by atoms with Gasteiger partial charge in [0.15, 0.2) is 0 Å². The van der Waals surface area contributed by atoms with Crippen LogP contribution < -0.4 is 11.3 Å². The summed E-state index contributed by atoms with van der Waals surface area (Å²) in [5, 5.41) is 0. The molecule has 1 aromatic carbocycles. The smallest absolute Gasteiger partial charge is 0.330 e. The monoisotopic (exact) mass is 308 g/mol. The summed E-state index contributed by atoms with van der Waals surface area (Å²) < 4.78 is 54.2. The molecule has 3 N–H and O–H groups in total. The number of hydrazine groups is 1. The molecule has 1 atom stereocenters. The molecule has 1 aromatic rings. The van der Waals surface area contributed by atoms with Gasteiger partial charge < -0.3 is 4.74 Å². The third-order valence-electron chi connectivity index (χ3n) is 3.26. The Hall–Kier alpha value is -1.18. The van der Waals surface area contributed by atoms with Gasteiger partial charge in [0.05, 0.1) is 6.61 Å². The quantitative estimate of drug-likeness (QED) is 0.441. The zero-order valence-electron chi connectivity index (χ0n) is 12.0. The Bertz CT molecular complexity index is 434. The molecule has 0 bridgehead atoms. The first-order chi connectivity index (χ1) is 9.77. The molecule has 0 aliphatic carbocycles. The van der Waals surface area contributed by atoms with E-state index in [9.17, 15) is 17.6 Å². The van der Waals surface area contributed by atoms with Crippen molar-refractivity contribution in [2.45, 2.75) is 38.7 Å². The van der Waals surface area contributed by atoms with Crippen LogP contribution in [0.1, 0.15) is 16.7 Å². The van der Waals surface area contributed by atoms with Crippen molar-refractivity contribution in [2.75, 3.05) is 13.2 Å². The minimum Gasteiger partial charge on any atom is -0.373 e. The molecule has 0 aliphatic rings. The van der Waals surface area contributed by atoms with Gasteiger partial charge in [-0.1, -0.05) is 18.2 Å². The summed E-state index contributed by atoms with van der Waals surface area (Å²) in [6.45, 7) is 2.37. The van der Waals surface area contributed by atoms with Gasteiger partial charge in [-0.15, -0.1) is 0 Å². The van der Waals surface area contributed by atoms with Gasteiger partial charge in [-0.3, -0.25) is 11.3 Å². The minimum atomic E-state index is -4.14. The highest BCUT2D eigenvalue weighted by atomic mass is 19.3. The van der Waals surface area contributed by atoms with Gasteiger partial charge in [-0.05, 0) is 37.0 Å². The maximum atomic E-state index is 12.7. The van der Waals surface area contributed by atoms with Crippen molar-refractivity contribution in [1.82, 2.24) is 5.43 Å². The van der Waals surface area contributed by atoms with Crippen LogP contribution in [-0.2, 0) is 11.2 Å². The molecule has 7 heteroatoms. The summed E-state index contributed by atoms with van der Waals surface area (Å²) in [4.78, 5) is 0. The van der Waals surface area contributed by atoms with Gasteiger partial charge in [-0.25, -0.2) is 8.78 Å². The Labute approximate surface area is 121 Å². The van der Waals surface area contributed by atoms with E-state index >= 15 is 0 Å². The predicted octanol–water partition coefficient (Wildman–Crippen LogP) is 2.59. The van der Waals surface area contributed by atoms with Crippen molar-refractivity contribution in [2.24, 2.45) is 5.84 Å². The first kappa shape index (κ1) is 17.9. The third kappa shape index (κ3) is 5.26. The van der Waals surface area contributed by atoms with Crippen molar-refractivity contribution >= 4 is 0 Å². The van der Waals surface area contributed by atoms with E-state index in [-0.39, 0.29) is 6.61 Å². The first-order valence-electron chi connectivity index (χ1n) is 6.53. The lowest BCUT2D eigenvalue weighted by atomic mass is 9.97. The van der Waals surface area contributed by atoms with Gasteiger partial charge in [0.2, 0.25) is 0 Å². The van der Waals surface area contributed by atoms with E-state index in [1.54, 1.807) is 0 Å². The molecular formula is C14H20F4N2O. The Morgan fingerprint density at radius 2 is 1.81 bits per heavy atom. The summed E-state index contributed by atoms with van der Waals surface area (Å²) in [5.74, 6) is 1.22. The maximum absolute atomic E-state index is 12.7. The number of rotatable bonds is 8. The van der Waals surface area contributed by atoms with Crippen LogP contribution in [0.25, 0.3) is 0 Å². The fourth-order valence-electron chi connectivity index (χ4n) is 1.98. The Kier molecular flexibility index (Phi) is 6.57. The molecule has 21 heavy (non-hydrogen) atoms. The van der Waals surface area contributed by atoms with Gasteiger partial charge in [0.25, 0.3) is 0 Å². The number of ether oxygens (including phenoxy) is 1. The topological polar surface area (TPSA) is 47.3 Å². The second-order valence-corrected chi connectivity index (χ2v) is 5.01. The van der Waals surface area contributed by atoms with Crippen molar-refractivity contribution < 1.29 is 22.3 Å². The lowest BCUT2D eigenvalue weighted by molar-refractivity contribution is -0.167. The molecule has 0 saturated carbocycles. The number of nitrogens with one attached hydrogen (secondary N) is 1. The predicted molar refractivity (Wildman–Crippen MR) is 72.5 cm³/mol. The number of hydrogen-bond donors (Lipinski definition) is 2. The van der Waals surface area contributed by atoms with Crippen LogP contribution >= 0.6 is 0 Å². The zero-order valence-corrected chi connectivity index (χ0v) is 12.0. The summed E-state index contributed by atoms with van der Waals surface area (Å²) in [6.07, 6.45) is -3.27. The minimum absolute atomic E-state index is 0.174. The van der Waals surface area contributed by atoms with Crippen LogP contribution in [0.5, 0.6) is 0 Å². The summed E-state index contributed by atoms with van der Waals surface area (Å²) in [6, 6.07) is 5.35. The largest absolute Gasteiger partial charge is 0.373 e. The Morgan fingerprint density at radius 1 is 1.24 bits per heavy atom. The lowest BCUT2D eigenvalue weighted by Crippen LogP contribution is -2.42. The second-order valence-electron chi connectivity index (χ2n) is 5.01. The Balaban J connectivity index is 2.57. The molecule has 0 amide bonds. The molecule has 0 saturated heterocycles. The molecule has 0 spiro atoms. The first-order valence-corrected chi connectivity index (χ1v) is 6.53. The number of halogens is 4. The SMILES string of the molecule is Cc1cccc(C)c1CC(COCC(F)(F)C(F)F)NN. The molecule has 3 nitrogen and oxygen atoms in total. The van der Waals surface area contributed by atoms with Gasteiger partial charge in [-0.2, -0.15) is 8.78 Å². The van der Waals surface area contributed by atoms with Gasteiger partial charge >= 0.3 is 12.3 Å². The molecule has 1 unspecified atom stereocenters. The summed E-state index contributed by atoms with van der Waals surface area (Å²) >= 11 is 0. The van der Waals surface area contributed by atoms with E-state index in [4.69, 9.17) is 10.6 Å². The third-order valence-corrected chi connectivity index (χ3v) is 3.26. The number of alkyl halides is 4. The van der Waals surface area contributed by atoms with Gasteiger partial charge in [0, 0.05) is 6.04 Å². The number of nitrogens with two attached hydrogens (primary N) is 1. The zero-order chi connectivity index (χ0) is 16.0. The summed E-state index contributed by atoms with van der Waals surface area (Å²) in [5.41, 5.74) is 5.59. The van der Waals surface area contributed by atoms with Crippen molar-refractivity contribution in [3.05, 3.63) is 34.9 Å². The number of aryl methyl sites for hydroxylation is 2. The van der Waals surface area contributed by atoms with E-state index in [1.807, 2.05) is 32.0 Å². The van der Waals surface area contributed by atoms with Crippen LogP contribution in [0, 0.1) is 13.8 Å². The van der Waals surface area contributed by atoms with Crippen molar-refractivity contribution in [3.8, 4) is 0 Å². The van der Waals surface area contributed by atoms with E-state index in [0.29, 0.717) is 6.42 Å². The van der Waals surface area contributed by atoms with Crippen LogP contribution in [0.3, 0.4) is 0 Å². The molecule has 0 aliphatic heterocycles. The van der Waals surface area contributed by atoms with E-state index in [1.165, 1.54) is 0 Å². The fourth-order valence-corrected chi connectivity index (χ4v) is 1.98. The normalized spacial score (nSPS) is 13.7. The lowest BCUT2D eigenvalue weighted by Gasteiger charge is -2.21. The van der Waals surface area contributed by atoms with Crippen LogP contribution in [0.4, 0.5) is 17.6 Å². The fraction of sp³-hybridized carbons (Fsp3) is 0.571. The van der Waals surface area contributed by atoms with Gasteiger partial charge in [0.1, 0.15) is 6.61 Å². The molecule has 0 fully saturated rings. The summed E-state index contributed by atoms with van der Waals surface area (Å²) in [7, 11) is 0. The van der Waals surface area contributed by atoms with Crippen LogP contribution in [-0.4, -0.2) is 31.6 Å². The number of benzene rings is 1. The highest BCUT2D eigenvalue weighted by molar-refractivity contribution is 5.34. The molecule has 0 aromatic heterocycles. The van der Waals surface area contributed by atoms with Crippen molar-refractivity contribution in [3.63, 3.8) is 0 Å². The number of hydrogen-bond acceptors (Lipinski definition) is 3. The second kappa shape index (κ2) is 7.72. The van der Waals surface area contributed by atoms with E-state index in [2.05, 4.69) is 5.43 Å². The van der Waals surface area contributed by atoms with E-state index in [0.717, 1.165) is 16.7 Å². The molecule has 120 valence electrons. The molecule has 0 heterocycles. The maximum Gasteiger partial charge on any atom is 0.330 e. The highest BCUT2D eigenvalue weighted by Crippen LogP contribution is 2.23. The molecule has 1 rings (SSSR count). The highest BCUT2D eigenvalue weighted by Gasteiger charge is 2.41.